The van der Waals surface area contributed by atoms with Gasteiger partial charge in [0.2, 0.25) is 0 Å². The van der Waals surface area contributed by atoms with Gasteiger partial charge in [-0.15, -0.1) is 0 Å². The fourth-order valence-corrected chi connectivity index (χ4v) is 6.73. The van der Waals surface area contributed by atoms with Gasteiger partial charge in [-0.1, -0.05) is 24.3 Å². The quantitative estimate of drug-likeness (QED) is 0.197. The van der Waals surface area contributed by atoms with Crippen LogP contribution >= 0.6 is 0 Å². The van der Waals surface area contributed by atoms with Crippen molar-refractivity contribution >= 4 is 46.4 Å². The largest absolute Gasteiger partial charge is 0.354 e. The SMILES string of the molecule is Cn1ccnc1-c1c2nc(c(-c3ccc(F)cc3)c3ccc([nH]3)c(-c3nccn3C)c3nc(c(-c4ccc(F)cc4)c4ccc1[nH]4)C=C3)C=C2. The third-order valence-electron chi connectivity index (χ3n) is 9.11. The van der Waals surface area contributed by atoms with Gasteiger partial charge in [-0.3, -0.25) is 0 Å². The highest BCUT2D eigenvalue weighted by molar-refractivity contribution is 5.98. The number of aryl methyl sites for hydroxylation is 2. The van der Waals surface area contributed by atoms with E-state index in [1.165, 1.54) is 24.3 Å². The van der Waals surface area contributed by atoms with Crippen LogP contribution in [-0.2, 0) is 14.1 Å². The van der Waals surface area contributed by atoms with Crippen molar-refractivity contribution in [1.29, 1.82) is 0 Å². The van der Waals surface area contributed by atoms with Crippen LogP contribution in [0.3, 0.4) is 0 Å². The van der Waals surface area contributed by atoms with Gasteiger partial charge in [0.25, 0.3) is 0 Å². The summed E-state index contributed by atoms with van der Waals surface area (Å²) in [6.45, 7) is 0. The predicted molar refractivity (Wildman–Crippen MR) is 194 cm³/mol. The molecule has 2 N–H and O–H groups in total. The summed E-state index contributed by atoms with van der Waals surface area (Å²) in [5.41, 5.74) is 10.8. The van der Waals surface area contributed by atoms with E-state index in [-0.39, 0.29) is 11.6 Å². The zero-order valence-electron chi connectivity index (χ0n) is 27.0. The van der Waals surface area contributed by atoms with Crippen LogP contribution in [0.15, 0.2) is 97.6 Å². The number of nitrogens with one attached hydrogen (secondary N) is 2. The molecule has 7 aromatic rings. The van der Waals surface area contributed by atoms with E-state index in [4.69, 9.17) is 19.9 Å². The van der Waals surface area contributed by atoms with Crippen LogP contribution in [-0.4, -0.2) is 39.0 Å². The molecule has 50 heavy (non-hydrogen) atoms. The Labute approximate surface area is 284 Å². The number of imidazole rings is 2. The molecule has 0 aliphatic carbocycles. The van der Waals surface area contributed by atoms with Crippen molar-refractivity contribution < 1.29 is 8.78 Å². The maximum Gasteiger partial charge on any atom is 0.143 e. The Bertz CT molecular complexity index is 2500. The summed E-state index contributed by atoms with van der Waals surface area (Å²) in [6, 6.07) is 20.9. The van der Waals surface area contributed by atoms with Crippen molar-refractivity contribution in [3.63, 3.8) is 0 Å². The Hall–Kier alpha value is -6.68. The molecule has 2 aliphatic heterocycles. The number of halogens is 2. The summed E-state index contributed by atoms with van der Waals surface area (Å²) in [4.78, 5) is 27.1. The van der Waals surface area contributed by atoms with Crippen molar-refractivity contribution in [2.24, 2.45) is 14.1 Å². The van der Waals surface area contributed by atoms with E-state index in [0.29, 0.717) is 22.8 Å². The zero-order valence-corrected chi connectivity index (χ0v) is 27.0. The van der Waals surface area contributed by atoms with E-state index in [1.54, 1.807) is 36.7 Å². The van der Waals surface area contributed by atoms with Crippen LogP contribution in [0.1, 0.15) is 22.8 Å². The molecule has 9 rings (SSSR count). The number of aromatic amines is 2. The van der Waals surface area contributed by atoms with E-state index in [0.717, 1.165) is 67.1 Å². The first kappa shape index (κ1) is 29.5. The van der Waals surface area contributed by atoms with Gasteiger partial charge in [0.05, 0.1) is 44.9 Å². The number of benzene rings is 2. The molecule has 2 aromatic carbocycles. The first-order chi connectivity index (χ1) is 24.4. The van der Waals surface area contributed by atoms with Crippen LogP contribution in [0.2, 0.25) is 0 Å². The highest BCUT2D eigenvalue weighted by Gasteiger charge is 2.21. The number of nitrogens with zero attached hydrogens (tertiary/aromatic N) is 6. The summed E-state index contributed by atoms with van der Waals surface area (Å²) in [5.74, 6) is 0.806. The van der Waals surface area contributed by atoms with Crippen LogP contribution in [0.5, 0.6) is 0 Å². The second-order valence-electron chi connectivity index (χ2n) is 12.2. The molecule has 5 aromatic heterocycles. The van der Waals surface area contributed by atoms with Gasteiger partial charge < -0.3 is 19.1 Å². The minimum atomic E-state index is -0.320. The predicted octanol–water partition coefficient (Wildman–Crippen LogP) is 9.07. The summed E-state index contributed by atoms with van der Waals surface area (Å²) < 4.78 is 32.3. The van der Waals surface area contributed by atoms with E-state index in [2.05, 4.69) is 9.97 Å². The molecule has 0 saturated carbocycles. The van der Waals surface area contributed by atoms with Crippen LogP contribution in [0, 0.1) is 11.6 Å². The topological polar surface area (TPSA) is 93.0 Å². The maximum absolute atomic E-state index is 14.2. The third kappa shape index (κ3) is 4.88. The zero-order chi connectivity index (χ0) is 33.9. The molecular formula is C40H28F2N8. The van der Waals surface area contributed by atoms with Crippen LogP contribution in [0.4, 0.5) is 8.78 Å². The molecular weight excluding hydrogens is 630 g/mol. The van der Waals surface area contributed by atoms with Gasteiger partial charge in [0.1, 0.15) is 23.3 Å². The first-order valence-corrected chi connectivity index (χ1v) is 16.0. The second-order valence-corrected chi connectivity index (χ2v) is 12.2. The lowest BCUT2D eigenvalue weighted by molar-refractivity contribution is 0.627. The fourth-order valence-electron chi connectivity index (χ4n) is 6.73. The Morgan fingerprint density at radius 1 is 0.460 bits per heavy atom. The van der Waals surface area contributed by atoms with Gasteiger partial charge in [0.15, 0.2) is 0 Å². The molecule has 2 aliphatic rings. The highest BCUT2D eigenvalue weighted by atomic mass is 19.1. The van der Waals surface area contributed by atoms with Crippen molar-refractivity contribution in [1.82, 2.24) is 39.0 Å². The molecule has 0 amide bonds. The average molecular weight is 659 g/mol. The van der Waals surface area contributed by atoms with E-state index in [9.17, 15) is 8.78 Å². The Kier molecular flexibility index (Phi) is 6.77. The number of fused-ring (bicyclic) bond motifs is 8. The summed E-state index contributed by atoms with van der Waals surface area (Å²) in [6.07, 6.45) is 15.2. The fraction of sp³-hybridized carbons (Fsp3) is 0.0500. The third-order valence-corrected chi connectivity index (χ3v) is 9.11. The average Bonchev–Trinajstić information content (AvgIpc) is 3.97. The van der Waals surface area contributed by atoms with Crippen molar-refractivity contribution in [2.45, 2.75) is 0 Å². The van der Waals surface area contributed by atoms with Crippen molar-refractivity contribution in [2.75, 3.05) is 0 Å². The van der Waals surface area contributed by atoms with Crippen LogP contribution in [0.25, 0.3) is 91.4 Å². The lowest BCUT2D eigenvalue weighted by Gasteiger charge is -2.07. The van der Waals surface area contributed by atoms with Crippen molar-refractivity contribution in [3.8, 4) is 45.0 Å². The molecule has 7 heterocycles. The second kappa shape index (κ2) is 11.5. The van der Waals surface area contributed by atoms with E-state index >= 15 is 0 Å². The number of rotatable bonds is 4. The smallest absolute Gasteiger partial charge is 0.143 e. The number of hydrogen-bond acceptors (Lipinski definition) is 4. The van der Waals surface area contributed by atoms with Crippen LogP contribution < -0.4 is 0 Å². The molecule has 8 nitrogen and oxygen atoms in total. The summed E-state index contributed by atoms with van der Waals surface area (Å²) >= 11 is 0. The molecule has 10 heteroatoms. The lowest BCUT2D eigenvalue weighted by atomic mass is 10.0. The Balaban J connectivity index is 1.48. The molecule has 0 spiro atoms. The molecule has 0 radical (unpaired) electrons. The number of hydrogen-bond donors (Lipinski definition) is 2. The van der Waals surface area contributed by atoms with E-state index < -0.39 is 0 Å². The molecule has 0 atom stereocenters. The summed E-state index contributed by atoms with van der Waals surface area (Å²) in [7, 11) is 3.89. The minimum absolute atomic E-state index is 0.320. The molecule has 242 valence electrons. The lowest BCUT2D eigenvalue weighted by Crippen LogP contribution is -1.95. The van der Waals surface area contributed by atoms with Gasteiger partial charge in [-0.25, -0.2) is 28.7 Å². The Morgan fingerprint density at radius 3 is 1.14 bits per heavy atom. The van der Waals surface area contributed by atoms with Gasteiger partial charge in [0, 0.05) is 61.0 Å². The van der Waals surface area contributed by atoms with E-state index in [1.807, 2.05) is 84.2 Å². The molecule has 0 fully saturated rings. The number of H-pyrrole nitrogens is 2. The standard InChI is InChI=1S/C40H28F2N8/c1-49-21-19-43-39(49)37-31-15-11-27(45-31)35(23-3-7-25(41)8-4-23)29-13-17-33(47-29)38(40-44-20-22-50(40)2)34-18-14-30(48-34)36(28-12-16-32(37)46-28)24-5-9-26(42)10-6-24/h3-22,45,48H,1-2H3. The molecule has 8 bridgehead atoms. The van der Waals surface area contributed by atoms with Gasteiger partial charge >= 0.3 is 0 Å². The minimum Gasteiger partial charge on any atom is -0.354 e. The Morgan fingerprint density at radius 2 is 0.800 bits per heavy atom. The highest BCUT2D eigenvalue weighted by Crippen LogP contribution is 2.37. The first-order valence-electron chi connectivity index (χ1n) is 16.0. The summed E-state index contributed by atoms with van der Waals surface area (Å²) in [5, 5.41) is 0. The van der Waals surface area contributed by atoms with Gasteiger partial charge in [-0.2, -0.15) is 0 Å². The van der Waals surface area contributed by atoms with Gasteiger partial charge in [-0.05, 0) is 84.0 Å². The molecule has 0 unspecified atom stereocenters. The maximum atomic E-state index is 14.2. The number of aromatic nitrogens is 8. The molecule has 0 saturated heterocycles. The normalized spacial score (nSPS) is 12.2. The monoisotopic (exact) mass is 658 g/mol. The van der Waals surface area contributed by atoms with Crippen molar-refractivity contribution in [3.05, 3.63) is 132 Å².